The molecule has 1 amide bonds. The summed E-state index contributed by atoms with van der Waals surface area (Å²) < 4.78 is 38.0. The van der Waals surface area contributed by atoms with E-state index in [0.29, 0.717) is 48.9 Å². The Morgan fingerprint density at radius 1 is 1.10 bits per heavy atom. The van der Waals surface area contributed by atoms with E-state index in [1.54, 1.807) is 37.3 Å². The summed E-state index contributed by atoms with van der Waals surface area (Å²) in [5, 5.41) is 2.81. The molecule has 1 aliphatic heterocycles. The van der Waals surface area contributed by atoms with Gasteiger partial charge < -0.3 is 14.8 Å². The molecule has 0 bridgehead atoms. The monoisotopic (exact) mass is 418 g/mol. The second-order valence-corrected chi connectivity index (χ2v) is 9.08. The third-order valence-corrected chi connectivity index (χ3v) is 6.44. The Balaban J connectivity index is 1.79. The van der Waals surface area contributed by atoms with E-state index in [0.717, 1.165) is 0 Å². The van der Waals surface area contributed by atoms with Crippen LogP contribution in [-0.2, 0) is 14.8 Å². The molecule has 1 N–H and O–H groups in total. The topological polar surface area (TPSA) is 84.9 Å². The number of hydrogen-bond acceptors (Lipinski definition) is 5. The number of carbonyl (C=O) groups is 1. The van der Waals surface area contributed by atoms with E-state index >= 15 is 0 Å². The number of carbonyl (C=O) groups excluding carboxylic acids is 1. The minimum absolute atomic E-state index is 0.0641. The average Bonchev–Trinajstić information content (AvgIpc) is 2.70. The summed E-state index contributed by atoms with van der Waals surface area (Å²) in [7, 11) is -3.67. The van der Waals surface area contributed by atoms with E-state index in [2.05, 4.69) is 5.32 Å². The highest BCUT2D eigenvalue weighted by molar-refractivity contribution is 7.89. The van der Waals surface area contributed by atoms with Crippen LogP contribution in [0.1, 0.15) is 29.8 Å². The second-order valence-electron chi connectivity index (χ2n) is 7.14. The lowest BCUT2D eigenvalue weighted by Crippen LogP contribution is -2.40. The van der Waals surface area contributed by atoms with Crippen LogP contribution in [-0.4, -0.2) is 51.0 Å². The van der Waals surface area contributed by atoms with Gasteiger partial charge in [0.05, 0.1) is 24.2 Å². The van der Waals surface area contributed by atoms with E-state index < -0.39 is 10.0 Å². The largest absolute Gasteiger partial charge is 0.491 e. The van der Waals surface area contributed by atoms with Crippen LogP contribution in [0.15, 0.2) is 47.4 Å². The summed E-state index contributed by atoms with van der Waals surface area (Å²) in [6, 6.07) is 11.7. The first-order valence-corrected chi connectivity index (χ1v) is 11.0. The molecule has 8 heteroatoms. The molecule has 1 heterocycles. The first kappa shape index (κ1) is 21.3. The highest BCUT2D eigenvalue weighted by atomic mass is 32.2. The fourth-order valence-corrected chi connectivity index (χ4v) is 4.46. The Kier molecular flexibility index (Phi) is 6.56. The van der Waals surface area contributed by atoms with Crippen LogP contribution in [0.2, 0.25) is 0 Å². The molecule has 0 spiro atoms. The predicted molar refractivity (Wildman–Crippen MR) is 111 cm³/mol. The lowest BCUT2D eigenvalue weighted by molar-refractivity contribution is 0.0730. The zero-order valence-corrected chi connectivity index (χ0v) is 17.7. The number of amides is 1. The lowest BCUT2D eigenvalue weighted by Gasteiger charge is -2.26. The van der Waals surface area contributed by atoms with Gasteiger partial charge in [-0.05, 0) is 62.7 Å². The van der Waals surface area contributed by atoms with Crippen LogP contribution in [0.3, 0.4) is 0 Å². The minimum Gasteiger partial charge on any atom is -0.491 e. The van der Waals surface area contributed by atoms with Crippen LogP contribution in [0, 0.1) is 6.92 Å². The van der Waals surface area contributed by atoms with Crippen molar-refractivity contribution in [1.29, 1.82) is 0 Å². The van der Waals surface area contributed by atoms with Crippen molar-refractivity contribution in [3.05, 3.63) is 53.6 Å². The summed E-state index contributed by atoms with van der Waals surface area (Å²) in [5.41, 5.74) is 1.62. The average molecular weight is 419 g/mol. The van der Waals surface area contributed by atoms with Crippen molar-refractivity contribution in [1.82, 2.24) is 4.31 Å². The molecule has 0 radical (unpaired) electrons. The van der Waals surface area contributed by atoms with E-state index in [9.17, 15) is 13.2 Å². The van der Waals surface area contributed by atoms with Crippen LogP contribution >= 0.6 is 0 Å². The van der Waals surface area contributed by atoms with Crippen molar-refractivity contribution in [3.8, 4) is 5.75 Å². The van der Waals surface area contributed by atoms with Crippen molar-refractivity contribution in [2.75, 3.05) is 31.6 Å². The highest BCUT2D eigenvalue weighted by Crippen LogP contribution is 2.22. The van der Waals surface area contributed by atoms with Gasteiger partial charge in [-0.3, -0.25) is 4.79 Å². The molecule has 1 aliphatic rings. The molecule has 1 fully saturated rings. The standard InChI is InChI=1S/C21H26N2O5S/c1-15(2)28-18-7-5-17(6-8-18)22-21(24)20-14-19(9-4-16(20)3)29(25,26)23-10-12-27-13-11-23/h4-9,14-15H,10-13H2,1-3H3,(H,22,24). The highest BCUT2D eigenvalue weighted by Gasteiger charge is 2.27. The molecule has 2 aromatic carbocycles. The fourth-order valence-electron chi connectivity index (χ4n) is 3.03. The zero-order valence-electron chi connectivity index (χ0n) is 16.8. The van der Waals surface area contributed by atoms with E-state index in [1.165, 1.54) is 16.4 Å². The quantitative estimate of drug-likeness (QED) is 0.779. The maximum atomic E-state index is 12.9. The molecule has 0 aromatic heterocycles. The van der Waals surface area contributed by atoms with Gasteiger partial charge in [0.25, 0.3) is 5.91 Å². The van der Waals surface area contributed by atoms with Gasteiger partial charge in [-0.15, -0.1) is 0 Å². The number of anilines is 1. The molecule has 2 aromatic rings. The van der Waals surface area contributed by atoms with Gasteiger partial charge >= 0.3 is 0 Å². The number of sulfonamides is 1. The van der Waals surface area contributed by atoms with Crippen molar-refractivity contribution < 1.29 is 22.7 Å². The summed E-state index contributed by atoms with van der Waals surface area (Å²) in [4.78, 5) is 12.9. The van der Waals surface area contributed by atoms with Crippen molar-refractivity contribution in [2.45, 2.75) is 31.8 Å². The maximum absolute atomic E-state index is 12.9. The number of nitrogens with one attached hydrogen (secondary N) is 1. The van der Waals surface area contributed by atoms with Crippen molar-refractivity contribution in [3.63, 3.8) is 0 Å². The van der Waals surface area contributed by atoms with Crippen LogP contribution < -0.4 is 10.1 Å². The SMILES string of the molecule is Cc1ccc(S(=O)(=O)N2CCOCC2)cc1C(=O)Nc1ccc(OC(C)C)cc1. The first-order valence-electron chi connectivity index (χ1n) is 9.54. The first-order chi connectivity index (χ1) is 13.8. The van der Waals surface area contributed by atoms with Gasteiger partial charge in [-0.2, -0.15) is 4.31 Å². The van der Waals surface area contributed by atoms with E-state index in [1.807, 2.05) is 13.8 Å². The molecule has 0 unspecified atom stereocenters. The third kappa shape index (κ3) is 5.14. The van der Waals surface area contributed by atoms with Gasteiger partial charge in [0.1, 0.15) is 5.75 Å². The minimum atomic E-state index is -3.67. The Morgan fingerprint density at radius 3 is 2.38 bits per heavy atom. The maximum Gasteiger partial charge on any atom is 0.255 e. The molecule has 0 saturated carbocycles. The summed E-state index contributed by atoms with van der Waals surface area (Å²) in [6.45, 7) is 7.02. The number of ether oxygens (including phenoxy) is 2. The smallest absolute Gasteiger partial charge is 0.255 e. The summed E-state index contributed by atoms with van der Waals surface area (Å²) in [6.07, 6.45) is 0.0641. The third-order valence-electron chi connectivity index (χ3n) is 4.55. The molecule has 3 rings (SSSR count). The molecular formula is C21H26N2O5S. The lowest BCUT2D eigenvalue weighted by atomic mass is 10.1. The number of aryl methyl sites for hydroxylation is 1. The number of benzene rings is 2. The Hall–Kier alpha value is -2.42. The Bertz CT molecular complexity index is 965. The van der Waals surface area contributed by atoms with Gasteiger partial charge in [0, 0.05) is 24.3 Å². The molecular weight excluding hydrogens is 392 g/mol. The molecule has 0 aliphatic carbocycles. The van der Waals surface area contributed by atoms with Crippen molar-refractivity contribution >= 4 is 21.6 Å². The zero-order chi connectivity index (χ0) is 21.0. The normalized spacial score (nSPS) is 15.3. The van der Waals surface area contributed by atoms with Gasteiger partial charge in [-0.1, -0.05) is 6.07 Å². The molecule has 7 nitrogen and oxygen atoms in total. The molecule has 156 valence electrons. The molecule has 0 atom stereocenters. The van der Waals surface area contributed by atoms with E-state index in [-0.39, 0.29) is 16.9 Å². The van der Waals surface area contributed by atoms with Gasteiger partial charge in [-0.25, -0.2) is 8.42 Å². The number of nitrogens with zero attached hydrogens (tertiary/aromatic N) is 1. The van der Waals surface area contributed by atoms with Gasteiger partial charge in [0.2, 0.25) is 10.0 Å². The van der Waals surface area contributed by atoms with Crippen molar-refractivity contribution in [2.24, 2.45) is 0 Å². The predicted octanol–water partition coefficient (Wildman–Crippen LogP) is 3.06. The molecule has 1 saturated heterocycles. The Morgan fingerprint density at radius 2 is 1.76 bits per heavy atom. The van der Waals surface area contributed by atoms with Crippen LogP contribution in [0.4, 0.5) is 5.69 Å². The van der Waals surface area contributed by atoms with Gasteiger partial charge in [0.15, 0.2) is 0 Å². The van der Waals surface area contributed by atoms with Crippen LogP contribution in [0.5, 0.6) is 5.75 Å². The second kappa shape index (κ2) is 8.94. The Labute approximate surface area is 171 Å². The number of hydrogen-bond donors (Lipinski definition) is 1. The van der Waals surface area contributed by atoms with Crippen LogP contribution in [0.25, 0.3) is 0 Å². The van der Waals surface area contributed by atoms with E-state index in [4.69, 9.17) is 9.47 Å². The summed E-state index contributed by atoms with van der Waals surface area (Å²) >= 11 is 0. The summed E-state index contributed by atoms with van der Waals surface area (Å²) in [5.74, 6) is 0.354. The fraction of sp³-hybridized carbons (Fsp3) is 0.381. The number of morpholine rings is 1. The molecule has 29 heavy (non-hydrogen) atoms. The number of rotatable bonds is 6.